The molecule has 2 saturated carbocycles. The molecule has 7 heteroatoms. The molecule has 2 atom stereocenters. The van der Waals surface area contributed by atoms with Crippen LogP contribution >= 0.6 is 0 Å². The summed E-state index contributed by atoms with van der Waals surface area (Å²) in [4.78, 5) is 23.8. The van der Waals surface area contributed by atoms with Gasteiger partial charge in [-0.2, -0.15) is 0 Å². The second-order valence-electron chi connectivity index (χ2n) is 10.3. The minimum Gasteiger partial charge on any atom is -0.496 e. The Balaban J connectivity index is 1.52. The van der Waals surface area contributed by atoms with Gasteiger partial charge in [0.2, 0.25) is 0 Å². The Labute approximate surface area is 214 Å². The fraction of sp³-hybridized carbons (Fsp3) is 0.724. The van der Waals surface area contributed by atoms with E-state index in [9.17, 15) is 18.4 Å². The summed E-state index contributed by atoms with van der Waals surface area (Å²) in [6, 6.07) is 6.43. The van der Waals surface area contributed by atoms with Gasteiger partial charge in [-0.25, -0.2) is 18.4 Å². The summed E-state index contributed by atoms with van der Waals surface area (Å²) in [7, 11) is 1.69. The third-order valence-electron chi connectivity index (χ3n) is 7.68. The van der Waals surface area contributed by atoms with Crippen LogP contribution in [0, 0.1) is 0 Å². The zero-order valence-electron chi connectivity index (χ0n) is 22.0. The van der Waals surface area contributed by atoms with E-state index in [0.717, 1.165) is 62.7 Å². The fourth-order valence-electron chi connectivity index (χ4n) is 5.54. The number of rotatable bonds is 11. The van der Waals surface area contributed by atoms with Crippen molar-refractivity contribution in [2.24, 2.45) is 0 Å². The van der Waals surface area contributed by atoms with Crippen LogP contribution in [0.25, 0.3) is 0 Å². The summed E-state index contributed by atoms with van der Waals surface area (Å²) >= 11 is 0. The molecule has 0 radical (unpaired) electrons. The molecular formula is C29H42F2O5. The summed E-state index contributed by atoms with van der Waals surface area (Å²) in [5.41, 5.74) is 2.37. The van der Waals surface area contributed by atoms with Crippen LogP contribution in [0.5, 0.6) is 5.75 Å². The molecule has 2 unspecified atom stereocenters. The number of carbonyl (C=O) groups is 2. The summed E-state index contributed by atoms with van der Waals surface area (Å²) in [5.74, 6) is 0.0888. The zero-order chi connectivity index (χ0) is 26.1. The highest BCUT2D eigenvalue weighted by atomic mass is 19.1. The molecule has 36 heavy (non-hydrogen) atoms. The van der Waals surface area contributed by atoms with Gasteiger partial charge in [0, 0.05) is 0 Å². The second-order valence-corrected chi connectivity index (χ2v) is 10.3. The number of halogens is 2. The molecule has 0 spiro atoms. The van der Waals surface area contributed by atoms with Crippen LogP contribution in [-0.4, -0.2) is 43.6 Å². The van der Waals surface area contributed by atoms with E-state index in [1.165, 1.54) is 5.56 Å². The highest BCUT2D eigenvalue weighted by molar-refractivity contribution is 5.75. The molecule has 1 aromatic rings. The van der Waals surface area contributed by atoms with E-state index in [4.69, 9.17) is 14.2 Å². The van der Waals surface area contributed by atoms with Crippen LogP contribution in [0.2, 0.25) is 0 Å². The van der Waals surface area contributed by atoms with Crippen molar-refractivity contribution in [3.05, 3.63) is 29.3 Å². The largest absolute Gasteiger partial charge is 0.496 e. The second kappa shape index (κ2) is 13.9. The van der Waals surface area contributed by atoms with Crippen molar-refractivity contribution < 1.29 is 32.6 Å². The van der Waals surface area contributed by atoms with Gasteiger partial charge in [0.1, 0.15) is 18.0 Å². The lowest BCUT2D eigenvalue weighted by Crippen LogP contribution is -2.28. The fourth-order valence-corrected chi connectivity index (χ4v) is 5.54. The SMILES string of the molecule is CCCC(F)C(=O)OC1CCC(c2ccc(C3CCC(OC(=O)C(F)CCC)CC3)c(OC)c2)CC1. The zero-order valence-corrected chi connectivity index (χ0v) is 22.0. The lowest BCUT2D eigenvalue weighted by Gasteiger charge is -2.31. The van der Waals surface area contributed by atoms with Gasteiger partial charge in [0.15, 0.2) is 12.3 Å². The number of carbonyl (C=O) groups excluding carboxylic acids is 2. The Morgan fingerprint density at radius 2 is 1.28 bits per heavy atom. The van der Waals surface area contributed by atoms with E-state index in [0.29, 0.717) is 24.7 Å². The van der Waals surface area contributed by atoms with E-state index in [1.807, 2.05) is 13.8 Å². The maximum Gasteiger partial charge on any atom is 0.340 e. The number of methoxy groups -OCH3 is 1. The van der Waals surface area contributed by atoms with E-state index < -0.39 is 24.3 Å². The first-order chi connectivity index (χ1) is 17.4. The highest BCUT2D eigenvalue weighted by Gasteiger charge is 2.31. The topological polar surface area (TPSA) is 61.8 Å². The van der Waals surface area contributed by atoms with Gasteiger partial charge < -0.3 is 14.2 Å². The lowest BCUT2D eigenvalue weighted by atomic mass is 9.79. The van der Waals surface area contributed by atoms with Crippen molar-refractivity contribution in [3.63, 3.8) is 0 Å². The van der Waals surface area contributed by atoms with Crippen LogP contribution in [0.3, 0.4) is 0 Å². The molecule has 2 aliphatic carbocycles. The van der Waals surface area contributed by atoms with Crippen molar-refractivity contribution in [2.45, 2.75) is 127 Å². The molecule has 1 aromatic carbocycles. The number of ether oxygens (including phenoxy) is 3. The van der Waals surface area contributed by atoms with Crippen LogP contribution in [0.4, 0.5) is 8.78 Å². The van der Waals surface area contributed by atoms with Crippen LogP contribution in [0.15, 0.2) is 18.2 Å². The van der Waals surface area contributed by atoms with Gasteiger partial charge in [-0.05, 0) is 93.2 Å². The summed E-state index contributed by atoms with van der Waals surface area (Å²) in [5, 5.41) is 0. The Hall–Kier alpha value is -2.18. The van der Waals surface area contributed by atoms with Crippen LogP contribution in [0.1, 0.15) is 114 Å². The number of hydrogen-bond donors (Lipinski definition) is 0. The third kappa shape index (κ3) is 7.66. The predicted octanol–water partition coefficient (Wildman–Crippen LogP) is 7.11. The number of hydrogen-bond acceptors (Lipinski definition) is 5. The van der Waals surface area contributed by atoms with Crippen LogP contribution in [-0.2, 0) is 19.1 Å². The minimum atomic E-state index is -1.52. The van der Waals surface area contributed by atoms with Gasteiger partial charge in [-0.15, -0.1) is 0 Å². The minimum absolute atomic E-state index is 0.205. The standard InChI is InChI=1S/C29H42F2O5/c1-4-6-25(30)28(32)35-22-13-8-19(9-14-22)21-12-17-24(27(18-21)34-3)20-10-15-23(16-11-20)36-29(33)26(31)7-5-2/h12,17-20,22-23,25-26H,4-11,13-16H2,1-3H3. The molecule has 0 aromatic heterocycles. The molecule has 202 valence electrons. The summed E-state index contributed by atoms with van der Waals surface area (Å²) in [6.07, 6.45) is 4.61. The normalized spacial score (nSPS) is 26.0. The number of alkyl halides is 2. The maximum absolute atomic E-state index is 13.8. The molecule has 0 heterocycles. The molecule has 0 aliphatic heterocycles. The first-order valence-electron chi connectivity index (χ1n) is 13.7. The molecular weight excluding hydrogens is 466 g/mol. The summed E-state index contributed by atoms with van der Waals surface area (Å²) < 4.78 is 44.1. The van der Waals surface area contributed by atoms with Crippen molar-refractivity contribution in [2.75, 3.05) is 7.11 Å². The molecule has 2 fully saturated rings. The Morgan fingerprint density at radius 3 is 1.72 bits per heavy atom. The quantitative estimate of drug-likeness (QED) is 0.298. The highest BCUT2D eigenvalue weighted by Crippen LogP contribution is 2.41. The molecule has 2 aliphatic rings. The number of benzene rings is 1. The van der Waals surface area contributed by atoms with Crippen LogP contribution < -0.4 is 4.74 Å². The van der Waals surface area contributed by atoms with Crippen molar-refractivity contribution in [1.29, 1.82) is 0 Å². The molecule has 5 nitrogen and oxygen atoms in total. The third-order valence-corrected chi connectivity index (χ3v) is 7.68. The van der Waals surface area contributed by atoms with Crippen molar-refractivity contribution in [1.82, 2.24) is 0 Å². The maximum atomic E-state index is 13.8. The van der Waals surface area contributed by atoms with Gasteiger partial charge in [0.05, 0.1) is 7.11 Å². The molecule has 0 bridgehead atoms. The van der Waals surface area contributed by atoms with E-state index >= 15 is 0 Å². The van der Waals surface area contributed by atoms with Gasteiger partial charge in [0.25, 0.3) is 0 Å². The Kier molecular flexibility index (Phi) is 11.0. The van der Waals surface area contributed by atoms with Gasteiger partial charge in [-0.1, -0.05) is 38.8 Å². The molecule has 0 amide bonds. The first-order valence-corrected chi connectivity index (χ1v) is 13.7. The Bertz CT molecular complexity index is 844. The van der Waals surface area contributed by atoms with Gasteiger partial charge in [-0.3, -0.25) is 0 Å². The number of esters is 2. The first kappa shape index (κ1) is 28.4. The summed E-state index contributed by atoms with van der Waals surface area (Å²) in [6.45, 7) is 3.70. The molecule has 0 N–H and O–H groups in total. The molecule has 0 saturated heterocycles. The van der Waals surface area contributed by atoms with Gasteiger partial charge >= 0.3 is 11.9 Å². The lowest BCUT2D eigenvalue weighted by molar-refractivity contribution is -0.157. The Morgan fingerprint density at radius 1 is 0.806 bits per heavy atom. The average Bonchev–Trinajstić information content (AvgIpc) is 2.89. The van der Waals surface area contributed by atoms with Crippen molar-refractivity contribution in [3.8, 4) is 5.75 Å². The predicted molar refractivity (Wildman–Crippen MR) is 135 cm³/mol. The smallest absolute Gasteiger partial charge is 0.340 e. The van der Waals surface area contributed by atoms with E-state index in [-0.39, 0.29) is 25.0 Å². The van der Waals surface area contributed by atoms with E-state index in [1.54, 1.807) is 7.11 Å². The monoisotopic (exact) mass is 508 g/mol. The average molecular weight is 509 g/mol. The van der Waals surface area contributed by atoms with E-state index in [2.05, 4.69) is 18.2 Å². The van der Waals surface area contributed by atoms with Crippen molar-refractivity contribution >= 4 is 11.9 Å². The molecule has 3 rings (SSSR count).